The Bertz CT molecular complexity index is 1410. The Hall–Kier alpha value is -3.16. The van der Waals surface area contributed by atoms with Crippen LogP contribution in [0.25, 0.3) is 21.2 Å². The highest BCUT2D eigenvalue weighted by molar-refractivity contribution is 7.21. The summed E-state index contributed by atoms with van der Waals surface area (Å²) in [5, 5.41) is 1.47. The van der Waals surface area contributed by atoms with Crippen LogP contribution in [0.4, 0.5) is 5.95 Å². The van der Waals surface area contributed by atoms with Gasteiger partial charge in [0.25, 0.3) is 5.91 Å². The van der Waals surface area contributed by atoms with Crippen molar-refractivity contribution in [2.45, 2.75) is 58.5 Å². The molecule has 38 heavy (non-hydrogen) atoms. The van der Waals surface area contributed by atoms with Crippen molar-refractivity contribution in [3.63, 3.8) is 0 Å². The first-order valence-electron chi connectivity index (χ1n) is 13.3. The highest BCUT2D eigenvalue weighted by atomic mass is 35.5. The van der Waals surface area contributed by atoms with Gasteiger partial charge in [-0.25, -0.2) is 9.97 Å². The molecule has 0 spiro atoms. The van der Waals surface area contributed by atoms with Crippen LogP contribution in [0.5, 0.6) is 5.75 Å². The lowest BCUT2D eigenvalue weighted by Crippen LogP contribution is -2.41. The van der Waals surface area contributed by atoms with Crippen LogP contribution in [-0.2, 0) is 6.54 Å². The van der Waals surface area contributed by atoms with E-state index in [0.717, 1.165) is 64.1 Å². The summed E-state index contributed by atoms with van der Waals surface area (Å²) in [7, 11) is 0. The lowest BCUT2D eigenvalue weighted by molar-refractivity contribution is 0.0590. The van der Waals surface area contributed by atoms with Crippen LogP contribution in [0.1, 0.15) is 61.2 Å². The number of aromatic nitrogens is 2. The zero-order valence-corrected chi connectivity index (χ0v) is 23.4. The lowest BCUT2D eigenvalue weighted by atomic mass is 9.83. The molecule has 198 valence electrons. The van der Waals surface area contributed by atoms with Gasteiger partial charge in [0.05, 0.1) is 11.6 Å². The van der Waals surface area contributed by atoms with Gasteiger partial charge in [-0.05, 0) is 62.3 Å². The zero-order chi connectivity index (χ0) is 26.6. The first kappa shape index (κ1) is 26.4. The molecule has 0 saturated heterocycles. The summed E-state index contributed by atoms with van der Waals surface area (Å²) < 4.78 is 7.04. The number of ether oxygens (including phenoxy) is 1. The molecule has 1 saturated carbocycles. The van der Waals surface area contributed by atoms with Crippen LogP contribution < -0.4 is 10.5 Å². The largest absolute Gasteiger partial charge is 0.494 e. The molecule has 0 radical (unpaired) electrons. The summed E-state index contributed by atoms with van der Waals surface area (Å²) in [6.07, 6.45) is 8.85. The molecule has 8 heteroatoms. The number of thiophene rings is 1. The summed E-state index contributed by atoms with van der Waals surface area (Å²) in [5.74, 6) is 1.72. The SMILES string of the molecule is CCOc1ccc(-c2cnc(N)nc2)cc1CN(C(=O)c1sc2ccccc2c1Cl)[C@H]1CC[C@H](CC)CC1. The number of halogens is 1. The first-order valence-corrected chi connectivity index (χ1v) is 14.5. The maximum atomic E-state index is 14.2. The van der Waals surface area contributed by atoms with E-state index < -0.39 is 0 Å². The summed E-state index contributed by atoms with van der Waals surface area (Å²) in [5.41, 5.74) is 8.46. The molecule has 0 atom stereocenters. The summed E-state index contributed by atoms with van der Waals surface area (Å²) in [6, 6.07) is 14.1. The van der Waals surface area contributed by atoms with Gasteiger partial charge in [0.2, 0.25) is 5.95 Å². The van der Waals surface area contributed by atoms with Crippen molar-refractivity contribution in [1.29, 1.82) is 0 Å². The van der Waals surface area contributed by atoms with E-state index in [-0.39, 0.29) is 17.9 Å². The molecular formula is C30H33ClN4O2S. The maximum Gasteiger partial charge on any atom is 0.266 e. The van der Waals surface area contributed by atoms with E-state index in [2.05, 4.69) is 23.0 Å². The normalized spacial score (nSPS) is 17.4. The van der Waals surface area contributed by atoms with Crippen molar-refractivity contribution >= 4 is 44.9 Å². The number of fused-ring (bicyclic) bond motifs is 1. The van der Waals surface area contributed by atoms with Gasteiger partial charge in [-0.2, -0.15) is 0 Å². The van der Waals surface area contributed by atoms with E-state index in [1.54, 1.807) is 12.4 Å². The molecule has 5 rings (SSSR count). The molecule has 1 amide bonds. The van der Waals surface area contributed by atoms with Crippen LogP contribution in [0, 0.1) is 5.92 Å². The van der Waals surface area contributed by atoms with E-state index in [4.69, 9.17) is 22.1 Å². The Balaban J connectivity index is 1.53. The van der Waals surface area contributed by atoms with Crippen molar-refractivity contribution in [3.8, 4) is 16.9 Å². The third-order valence-electron chi connectivity index (χ3n) is 7.53. The van der Waals surface area contributed by atoms with Gasteiger partial charge >= 0.3 is 0 Å². The molecule has 6 nitrogen and oxygen atoms in total. The monoisotopic (exact) mass is 548 g/mol. The van der Waals surface area contributed by atoms with Crippen molar-refractivity contribution in [1.82, 2.24) is 14.9 Å². The fraction of sp³-hybridized carbons (Fsp3) is 0.367. The molecule has 0 bridgehead atoms. The third-order valence-corrected chi connectivity index (χ3v) is 9.19. The second-order valence-electron chi connectivity index (χ2n) is 9.84. The van der Waals surface area contributed by atoms with Gasteiger partial charge < -0.3 is 15.4 Å². The highest BCUT2D eigenvalue weighted by Gasteiger charge is 2.32. The Morgan fingerprint density at radius 2 is 1.82 bits per heavy atom. The molecule has 2 aromatic carbocycles. The molecule has 2 aromatic heterocycles. The average molecular weight is 549 g/mol. The van der Waals surface area contributed by atoms with Gasteiger partial charge in [0, 0.05) is 46.2 Å². The Morgan fingerprint density at radius 1 is 1.08 bits per heavy atom. The predicted octanol–water partition coefficient (Wildman–Crippen LogP) is 7.60. The molecule has 2 N–H and O–H groups in total. The molecule has 2 heterocycles. The van der Waals surface area contributed by atoms with E-state index in [1.807, 2.05) is 48.2 Å². The number of hydrogen-bond acceptors (Lipinski definition) is 6. The van der Waals surface area contributed by atoms with E-state index in [9.17, 15) is 4.79 Å². The van der Waals surface area contributed by atoms with Gasteiger partial charge in [0.1, 0.15) is 10.6 Å². The lowest BCUT2D eigenvalue weighted by Gasteiger charge is -2.37. The number of nitrogens with two attached hydrogens (primary N) is 1. The quantitative estimate of drug-likeness (QED) is 0.245. The maximum absolute atomic E-state index is 14.2. The number of hydrogen-bond donors (Lipinski definition) is 1. The molecule has 1 aliphatic carbocycles. The van der Waals surface area contributed by atoms with Crippen LogP contribution >= 0.6 is 22.9 Å². The number of nitrogens with zero attached hydrogens (tertiary/aromatic N) is 3. The molecule has 0 unspecified atom stereocenters. The topological polar surface area (TPSA) is 81.3 Å². The van der Waals surface area contributed by atoms with Crippen molar-refractivity contribution < 1.29 is 9.53 Å². The van der Waals surface area contributed by atoms with E-state index >= 15 is 0 Å². The fourth-order valence-electron chi connectivity index (χ4n) is 5.36. The van der Waals surface area contributed by atoms with Gasteiger partial charge in [0.15, 0.2) is 0 Å². The minimum Gasteiger partial charge on any atom is -0.494 e. The number of carbonyl (C=O) groups is 1. The van der Waals surface area contributed by atoms with Crippen LogP contribution in [0.3, 0.4) is 0 Å². The average Bonchev–Trinajstić information content (AvgIpc) is 3.29. The number of nitrogen functional groups attached to an aromatic ring is 1. The molecule has 0 aliphatic heterocycles. The third kappa shape index (κ3) is 5.49. The second kappa shape index (κ2) is 11.7. The van der Waals surface area contributed by atoms with Gasteiger partial charge in [-0.15, -0.1) is 11.3 Å². The number of benzene rings is 2. The van der Waals surface area contributed by atoms with Gasteiger partial charge in [-0.3, -0.25) is 4.79 Å². The highest BCUT2D eigenvalue weighted by Crippen LogP contribution is 2.39. The molecular weight excluding hydrogens is 516 g/mol. The minimum absolute atomic E-state index is 0.0141. The number of rotatable bonds is 8. The van der Waals surface area contributed by atoms with Crippen molar-refractivity contribution in [2.24, 2.45) is 5.92 Å². The fourth-order valence-corrected chi connectivity index (χ4v) is 6.83. The zero-order valence-electron chi connectivity index (χ0n) is 21.8. The minimum atomic E-state index is -0.0141. The summed E-state index contributed by atoms with van der Waals surface area (Å²) in [4.78, 5) is 25.2. The van der Waals surface area contributed by atoms with Crippen LogP contribution in [0.15, 0.2) is 54.9 Å². The Morgan fingerprint density at radius 3 is 2.50 bits per heavy atom. The molecule has 4 aromatic rings. The number of anilines is 1. The van der Waals surface area contributed by atoms with Crippen molar-refractivity contribution in [2.75, 3.05) is 12.3 Å². The first-order chi connectivity index (χ1) is 18.5. The van der Waals surface area contributed by atoms with Crippen LogP contribution in [-0.4, -0.2) is 33.4 Å². The molecule has 1 fully saturated rings. The van der Waals surface area contributed by atoms with E-state index in [0.29, 0.717) is 23.1 Å². The van der Waals surface area contributed by atoms with Crippen LogP contribution in [0.2, 0.25) is 5.02 Å². The van der Waals surface area contributed by atoms with Crippen molar-refractivity contribution in [3.05, 3.63) is 70.3 Å². The summed E-state index contributed by atoms with van der Waals surface area (Å²) >= 11 is 8.27. The second-order valence-corrected chi connectivity index (χ2v) is 11.3. The predicted molar refractivity (Wildman–Crippen MR) is 156 cm³/mol. The number of amides is 1. The summed E-state index contributed by atoms with van der Waals surface area (Å²) in [6.45, 7) is 5.20. The molecule has 1 aliphatic rings. The Kier molecular flexibility index (Phi) is 8.15. The Labute approximate surface area is 232 Å². The standard InChI is InChI=1S/C30H33ClN4O2S/c1-3-19-9-12-23(13-10-19)35(29(36)28-27(31)24-7-5-6-8-26(24)38-28)18-21-15-20(11-14-25(21)37-4-2)22-16-33-30(32)34-17-22/h5-8,11,14-17,19,23H,3-4,9-10,12-13,18H2,1-2H3,(H2,32,33,34)/t19-,23-. The smallest absolute Gasteiger partial charge is 0.266 e. The van der Waals surface area contributed by atoms with E-state index in [1.165, 1.54) is 17.8 Å². The number of carbonyl (C=O) groups excluding carboxylic acids is 1. The van der Waals surface area contributed by atoms with Gasteiger partial charge in [-0.1, -0.05) is 49.2 Å².